The molecule has 0 radical (unpaired) electrons. The highest BCUT2D eigenvalue weighted by Gasteiger charge is 2.16. The molecule has 0 fully saturated rings. The van der Waals surface area contributed by atoms with Crippen molar-refractivity contribution in [1.82, 2.24) is 9.55 Å². The van der Waals surface area contributed by atoms with Crippen LogP contribution >= 0.6 is 15.9 Å². The average molecular weight is 340 g/mol. The SMILES string of the molecule is CCCn1cnc(-c2cc(OC)c(OC)cc2Br)c1N. The fourth-order valence-corrected chi connectivity index (χ4v) is 2.56. The Labute approximate surface area is 126 Å². The lowest BCUT2D eigenvalue weighted by Gasteiger charge is -2.11. The number of halogens is 1. The molecule has 0 saturated carbocycles. The summed E-state index contributed by atoms with van der Waals surface area (Å²) in [6, 6.07) is 3.73. The number of methoxy groups -OCH3 is 2. The van der Waals surface area contributed by atoms with Gasteiger partial charge in [0.25, 0.3) is 0 Å². The van der Waals surface area contributed by atoms with Crippen molar-refractivity contribution < 1.29 is 9.47 Å². The number of aryl methyl sites for hydroxylation is 1. The number of nitrogens with two attached hydrogens (primary N) is 1. The maximum absolute atomic E-state index is 6.16. The summed E-state index contributed by atoms with van der Waals surface area (Å²) in [5.41, 5.74) is 7.79. The van der Waals surface area contributed by atoms with Gasteiger partial charge >= 0.3 is 0 Å². The molecule has 2 aromatic rings. The molecule has 0 saturated heterocycles. The summed E-state index contributed by atoms with van der Waals surface area (Å²) in [6.07, 6.45) is 2.77. The molecule has 0 unspecified atom stereocenters. The summed E-state index contributed by atoms with van der Waals surface area (Å²) in [7, 11) is 3.21. The minimum Gasteiger partial charge on any atom is -0.493 e. The van der Waals surface area contributed by atoms with Gasteiger partial charge in [0.15, 0.2) is 11.5 Å². The molecular weight excluding hydrogens is 322 g/mol. The molecule has 108 valence electrons. The molecule has 5 nitrogen and oxygen atoms in total. The lowest BCUT2D eigenvalue weighted by molar-refractivity contribution is 0.355. The third-order valence-corrected chi connectivity index (χ3v) is 3.73. The molecule has 1 aromatic carbocycles. The highest BCUT2D eigenvalue weighted by atomic mass is 79.9. The topological polar surface area (TPSA) is 62.3 Å². The number of anilines is 1. The van der Waals surface area contributed by atoms with Crippen LogP contribution in [-0.2, 0) is 6.54 Å². The van der Waals surface area contributed by atoms with E-state index in [-0.39, 0.29) is 0 Å². The Balaban J connectivity index is 2.52. The first kappa shape index (κ1) is 14.7. The maximum Gasteiger partial charge on any atom is 0.161 e. The monoisotopic (exact) mass is 339 g/mol. The summed E-state index contributed by atoms with van der Waals surface area (Å²) in [4.78, 5) is 4.41. The van der Waals surface area contributed by atoms with Crippen LogP contribution in [0.5, 0.6) is 11.5 Å². The second-order valence-electron chi connectivity index (χ2n) is 4.36. The standard InChI is InChI=1S/C14H18BrN3O2/c1-4-5-18-8-17-13(14(18)16)9-6-11(19-2)12(20-3)7-10(9)15/h6-8H,4-5,16H2,1-3H3. The number of hydrogen-bond acceptors (Lipinski definition) is 4. The van der Waals surface area contributed by atoms with Gasteiger partial charge in [-0.15, -0.1) is 0 Å². The van der Waals surface area contributed by atoms with Gasteiger partial charge in [-0.3, -0.25) is 0 Å². The third kappa shape index (κ3) is 2.60. The second-order valence-corrected chi connectivity index (χ2v) is 5.21. The minimum atomic E-state index is 0.648. The number of imidazole rings is 1. The first-order chi connectivity index (χ1) is 9.62. The Morgan fingerprint density at radius 3 is 2.50 bits per heavy atom. The van der Waals surface area contributed by atoms with Crippen molar-refractivity contribution in [1.29, 1.82) is 0 Å². The molecule has 0 aliphatic heterocycles. The van der Waals surface area contributed by atoms with E-state index in [1.54, 1.807) is 20.5 Å². The smallest absolute Gasteiger partial charge is 0.161 e. The van der Waals surface area contributed by atoms with Crippen LogP contribution in [0.2, 0.25) is 0 Å². The zero-order valence-corrected chi connectivity index (χ0v) is 13.4. The van der Waals surface area contributed by atoms with E-state index in [1.165, 1.54) is 0 Å². The van der Waals surface area contributed by atoms with E-state index in [0.717, 1.165) is 28.7 Å². The number of rotatable bonds is 5. The van der Waals surface area contributed by atoms with Gasteiger partial charge in [0.2, 0.25) is 0 Å². The van der Waals surface area contributed by atoms with Crippen LogP contribution in [0.1, 0.15) is 13.3 Å². The molecule has 0 atom stereocenters. The molecule has 0 spiro atoms. The lowest BCUT2D eigenvalue weighted by atomic mass is 10.1. The number of benzene rings is 1. The van der Waals surface area contributed by atoms with Crippen molar-refractivity contribution in [3.05, 3.63) is 22.9 Å². The number of nitrogen functional groups attached to an aromatic ring is 1. The molecule has 2 N–H and O–H groups in total. The van der Waals surface area contributed by atoms with Crippen molar-refractivity contribution in [3.8, 4) is 22.8 Å². The van der Waals surface area contributed by atoms with E-state index in [2.05, 4.69) is 27.8 Å². The van der Waals surface area contributed by atoms with E-state index in [1.807, 2.05) is 16.7 Å². The van der Waals surface area contributed by atoms with E-state index in [9.17, 15) is 0 Å². The van der Waals surface area contributed by atoms with Crippen molar-refractivity contribution in [3.63, 3.8) is 0 Å². The number of nitrogens with zero attached hydrogens (tertiary/aromatic N) is 2. The molecular formula is C14H18BrN3O2. The zero-order valence-electron chi connectivity index (χ0n) is 11.8. The molecule has 20 heavy (non-hydrogen) atoms. The first-order valence-corrected chi connectivity index (χ1v) is 7.14. The van der Waals surface area contributed by atoms with Crippen LogP contribution < -0.4 is 15.2 Å². The highest BCUT2D eigenvalue weighted by molar-refractivity contribution is 9.10. The molecule has 0 amide bonds. The largest absolute Gasteiger partial charge is 0.493 e. The van der Waals surface area contributed by atoms with Gasteiger partial charge in [-0.1, -0.05) is 6.92 Å². The second kappa shape index (κ2) is 6.17. The van der Waals surface area contributed by atoms with E-state index >= 15 is 0 Å². The van der Waals surface area contributed by atoms with Gasteiger partial charge in [0.05, 0.1) is 20.5 Å². The molecule has 0 bridgehead atoms. The fraction of sp³-hybridized carbons (Fsp3) is 0.357. The summed E-state index contributed by atoms with van der Waals surface area (Å²) in [5.74, 6) is 1.96. The third-order valence-electron chi connectivity index (χ3n) is 3.07. The van der Waals surface area contributed by atoms with Gasteiger partial charge < -0.3 is 19.8 Å². The Bertz CT molecular complexity index is 611. The van der Waals surface area contributed by atoms with Crippen LogP contribution in [0.25, 0.3) is 11.3 Å². The quantitative estimate of drug-likeness (QED) is 0.907. The van der Waals surface area contributed by atoms with E-state index in [0.29, 0.717) is 17.3 Å². The maximum atomic E-state index is 6.16. The predicted octanol–water partition coefficient (Wildman–Crippen LogP) is 3.32. The highest BCUT2D eigenvalue weighted by Crippen LogP contribution is 2.39. The number of aromatic nitrogens is 2. The minimum absolute atomic E-state index is 0.648. The van der Waals surface area contributed by atoms with Crippen LogP contribution in [0.4, 0.5) is 5.82 Å². The van der Waals surface area contributed by atoms with Crippen molar-refractivity contribution in [2.75, 3.05) is 20.0 Å². The number of hydrogen-bond donors (Lipinski definition) is 1. The van der Waals surface area contributed by atoms with Crippen LogP contribution in [0.15, 0.2) is 22.9 Å². The van der Waals surface area contributed by atoms with Gasteiger partial charge in [0.1, 0.15) is 11.5 Å². The molecule has 1 aromatic heterocycles. The van der Waals surface area contributed by atoms with Gasteiger partial charge in [-0.05, 0) is 34.5 Å². The predicted molar refractivity (Wildman–Crippen MR) is 83.2 cm³/mol. The fourth-order valence-electron chi connectivity index (χ4n) is 2.05. The Morgan fingerprint density at radius 2 is 1.90 bits per heavy atom. The first-order valence-electron chi connectivity index (χ1n) is 6.34. The summed E-state index contributed by atoms with van der Waals surface area (Å²) < 4.78 is 13.4. The lowest BCUT2D eigenvalue weighted by Crippen LogP contribution is -2.01. The van der Waals surface area contributed by atoms with Crippen molar-refractivity contribution in [2.24, 2.45) is 0 Å². The zero-order chi connectivity index (χ0) is 14.7. The van der Waals surface area contributed by atoms with Gasteiger partial charge in [0, 0.05) is 16.6 Å². The summed E-state index contributed by atoms with van der Waals surface area (Å²) >= 11 is 3.53. The van der Waals surface area contributed by atoms with E-state index in [4.69, 9.17) is 15.2 Å². The molecule has 1 heterocycles. The summed E-state index contributed by atoms with van der Waals surface area (Å²) in [6.45, 7) is 2.95. The molecule has 0 aliphatic rings. The normalized spacial score (nSPS) is 10.6. The summed E-state index contributed by atoms with van der Waals surface area (Å²) in [5, 5.41) is 0. The van der Waals surface area contributed by atoms with Crippen LogP contribution in [0, 0.1) is 0 Å². The van der Waals surface area contributed by atoms with Gasteiger partial charge in [-0.25, -0.2) is 4.98 Å². The average Bonchev–Trinajstić information content (AvgIpc) is 2.80. The van der Waals surface area contributed by atoms with Gasteiger partial charge in [-0.2, -0.15) is 0 Å². The van der Waals surface area contributed by atoms with Crippen molar-refractivity contribution >= 4 is 21.7 Å². The Morgan fingerprint density at radius 1 is 1.25 bits per heavy atom. The molecule has 0 aliphatic carbocycles. The number of ether oxygens (including phenoxy) is 2. The van der Waals surface area contributed by atoms with Crippen LogP contribution in [0.3, 0.4) is 0 Å². The molecule has 6 heteroatoms. The molecule has 2 rings (SSSR count). The van der Waals surface area contributed by atoms with Crippen LogP contribution in [-0.4, -0.2) is 23.8 Å². The Hall–Kier alpha value is -1.69. The Kier molecular flexibility index (Phi) is 4.54. The van der Waals surface area contributed by atoms with E-state index < -0.39 is 0 Å². The van der Waals surface area contributed by atoms with Crippen molar-refractivity contribution in [2.45, 2.75) is 19.9 Å².